The Morgan fingerprint density at radius 1 is 0.720 bits per heavy atom. The molecule has 0 unspecified atom stereocenters. The Labute approximate surface area is 148 Å². The van der Waals surface area contributed by atoms with Gasteiger partial charge in [-0.05, 0) is 29.5 Å². The van der Waals surface area contributed by atoms with Gasteiger partial charge in [0.1, 0.15) is 0 Å². The number of benzene rings is 3. The first kappa shape index (κ1) is 15.6. The number of carbonyl (C=O) groups is 1. The zero-order valence-electron chi connectivity index (χ0n) is 14.1. The van der Waals surface area contributed by atoms with Gasteiger partial charge < -0.3 is 5.32 Å². The number of nitrogens with one attached hydrogen (secondary N) is 1. The van der Waals surface area contributed by atoms with Crippen LogP contribution in [-0.2, 0) is 10.3 Å². The Bertz CT molecular complexity index is 800. The molecule has 3 aromatic carbocycles. The van der Waals surface area contributed by atoms with Gasteiger partial charge in [-0.3, -0.25) is 4.79 Å². The highest BCUT2D eigenvalue weighted by molar-refractivity contribution is 5.88. The fourth-order valence-corrected chi connectivity index (χ4v) is 3.46. The lowest BCUT2D eigenvalue weighted by Crippen LogP contribution is -2.38. The van der Waals surface area contributed by atoms with Crippen LogP contribution >= 0.6 is 0 Å². The van der Waals surface area contributed by atoms with E-state index in [0.717, 1.165) is 24.0 Å². The van der Waals surface area contributed by atoms with Gasteiger partial charge in [0.25, 0.3) is 0 Å². The molecule has 2 heteroatoms. The molecule has 0 bridgehead atoms. The molecule has 1 aliphatic rings. The third-order valence-corrected chi connectivity index (χ3v) is 4.97. The zero-order chi connectivity index (χ0) is 17.1. The Morgan fingerprint density at radius 3 is 1.60 bits per heavy atom. The molecule has 0 atom stereocenters. The number of hydrogen-bond acceptors (Lipinski definition) is 1. The van der Waals surface area contributed by atoms with Crippen molar-refractivity contribution in [2.75, 3.05) is 0 Å². The molecule has 25 heavy (non-hydrogen) atoms. The molecule has 0 spiro atoms. The predicted octanol–water partition coefficient (Wildman–Crippen LogP) is 4.62. The molecule has 0 heterocycles. The van der Waals surface area contributed by atoms with E-state index in [4.69, 9.17) is 0 Å². The van der Waals surface area contributed by atoms with Crippen LogP contribution in [0.3, 0.4) is 0 Å². The van der Waals surface area contributed by atoms with Gasteiger partial charge >= 0.3 is 0 Å². The number of hydrogen-bond donors (Lipinski definition) is 1. The molecule has 1 amide bonds. The second-order valence-electron chi connectivity index (χ2n) is 6.69. The van der Waals surface area contributed by atoms with Gasteiger partial charge in [-0.25, -0.2) is 0 Å². The van der Waals surface area contributed by atoms with Crippen molar-refractivity contribution in [3.63, 3.8) is 0 Å². The summed E-state index contributed by atoms with van der Waals surface area (Å²) >= 11 is 0. The average Bonchev–Trinajstić information content (AvgIpc) is 3.45. The molecule has 0 saturated heterocycles. The topological polar surface area (TPSA) is 29.1 Å². The van der Waals surface area contributed by atoms with E-state index in [0.29, 0.717) is 0 Å². The van der Waals surface area contributed by atoms with Crippen LogP contribution in [-0.4, -0.2) is 5.91 Å². The highest BCUT2D eigenvalue weighted by Crippen LogP contribution is 2.46. The fourth-order valence-electron chi connectivity index (χ4n) is 3.46. The summed E-state index contributed by atoms with van der Waals surface area (Å²) in [5, 5.41) is 3.34. The van der Waals surface area contributed by atoms with Gasteiger partial charge in [-0.15, -0.1) is 0 Å². The van der Waals surface area contributed by atoms with Gasteiger partial charge in [0.15, 0.2) is 0 Å². The maximum atomic E-state index is 13.3. The predicted molar refractivity (Wildman–Crippen MR) is 100 cm³/mol. The monoisotopic (exact) mass is 327 g/mol. The van der Waals surface area contributed by atoms with Gasteiger partial charge in [0.2, 0.25) is 5.91 Å². The van der Waals surface area contributed by atoms with Gasteiger partial charge in [0, 0.05) is 0 Å². The number of rotatable bonds is 5. The minimum Gasteiger partial charge on any atom is -0.346 e. The zero-order valence-corrected chi connectivity index (χ0v) is 14.1. The molecule has 2 nitrogen and oxygen atoms in total. The molecular formula is C23H21NO. The summed E-state index contributed by atoms with van der Waals surface area (Å²) < 4.78 is 0. The van der Waals surface area contributed by atoms with Crippen LogP contribution in [0.25, 0.3) is 0 Å². The Kier molecular flexibility index (Phi) is 4.10. The largest absolute Gasteiger partial charge is 0.346 e. The summed E-state index contributed by atoms with van der Waals surface area (Å²) in [6.07, 6.45) is 2.00. The lowest BCUT2D eigenvalue weighted by atomic mass is 9.90. The molecule has 3 aromatic rings. The van der Waals surface area contributed by atoms with Crippen LogP contribution in [0.4, 0.5) is 0 Å². The fraction of sp³-hybridized carbons (Fsp3) is 0.174. The summed E-state index contributed by atoms with van der Waals surface area (Å²) in [7, 11) is 0. The first-order valence-electron chi connectivity index (χ1n) is 8.76. The Morgan fingerprint density at radius 2 is 1.16 bits per heavy atom. The normalized spacial score (nSPS) is 14.9. The lowest BCUT2D eigenvalue weighted by molar-refractivity contribution is -0.122. The van der Waals surface area contributed by atoms with Crippen molar-refractivity contribution in [2.45, 2.75) is 24.3 Å². The summed E-state index contributed by atoms with van der Waals surface area (Å²) in [6.45, 7) is 0. The van der Waals surface area contributed by atoms with Crippen molar-refractivity contribution in [3.05, 3.63) is 108 Å². The summed E-state index contributed by atoms with van der Waals surface area (Å²) in [5.41, 5.74) is 3.05. The van der Waals surface area contributed by atoms with Crippen molar-refractivity contribution >= 4 is 5.91 Å². The first-order valence-corrected chi connectivity index (χ1v) is 8.76. The van der Waals surface area contributed by atoms with E-state index >= 15 is 0 Å². The molecule has 1 saturated carbocycles. The van der Waals surface area contributed by atoms with Gasteiger partial charge in [-0.1, -0.05) is 91.0 Å². The number of amides is 1. The standard InChI is InChI=1S/C23H21NO/c25-22(24-23(16-17-23)20-14-8-3-9-15-20)21(18-10-4-1-5-11-18)19-12-6-2-7-13-19/h1-15,21H,16-17H2,(H,24,25). The van der Waals surface area contributed by atoms with E-state index in [1.165, 1.54) is 5.56 Å². The molecule has 1 fully saturated rings. The van der Waals surface area contributed by atoms with Crippen molar-refractivity contribution in [2.24, 2.45) is 0 Å². The van der Waals surface area contributed by atoms with Crippen molar-refractivity contribution in [1.29, 1.82) is 0 Å². The summed E-state index contributed by atoms with van der Waals surface area (Å²) in [5.74, 6) is -0.220. The van der Waals surface area contributed by atoms with E-state index in [2.05, 4.69) is 17.4 Å². The van der Waals surface area contributed by atoms with Crippen LogP contribution < -0.4 is 5.32 Å². The molecule has 0 radical (unpaired) electrons. The molecule has 1 N–H and O–H groups in total. The Balaban J connectivity index is 1.65. The third-order valence-electron chi connectivity index (χ3n) is 4.97. The quantitative estimate of drug-likeness (QED) is 0.727. The van der Waals surface area contributed by atoms with Crippen LogP contribution in [0.5, 0.6) is 0 Å². The van der Waals surface area contributed by atoms with E-state index in [9.17, 15) is 4.79 Å². The smallest absolute Gasteiger partial charge is 0.232 e. The van der Waals surface area contributed by atoms with Crippen LogP contribution in [0, 0.1) is 0 Å². The van der Waals surface area contributed by atoms with Gasteiger partial charge in [0.05, 0.1) is 11.5 Å². The first-order chi connectivity index (χ1) is 12.3. The van der Waals surface area contributed by atoms with E-state index in [1.54, 1.807) is 0 Å². The average molecular weight is 327 g/mol. The summed E-state index contributed by atoms with van der Waals surface area (Å²) in [6, 6.07) is 30.3. The van der Waals surface area contributed by atoms with Crippen molar-refractivity contribution in [1.82, 2.24) is 5.32 Å². The lowest BCUT2D eigenvalue weighted by Gasteiger charge is -2.23. The Hall–Kier alpha value is -2.87. The van der Waals surface area contributed by atoms with Crippen molar-refractivity contribution < 1.29 is 4.79 Å². The highest BCUT2D eigenvalue weighted by atomic mass is 16.2. The second kappa shape index (κ2) is 6.56. The molecule has 124 valence electrons. The van der Waals surface area contributed by atoms with Crippen LogP contribution in [0.15, 0.2) is 91.0 Å². The minimum absolute atomic E-state index is 0.0683. The van der Waals surface area contributed by atoms with E-state index < -0.39 is 0 Å². The second-order valence-corrected chi connectivity index (χ2v) is 6.69. The van der Waals surface area contributed by atoms with Gasteiger partial charge in [-0.2, -0.15) is 0 Å². The van der Waals surface area contributed by atoms with E-state index in [-0.39, 0.29) is 17.4 Å². The molecule has 0 aromatic heterocycles. The SMILES string of the molecule is O=C(NC1(c2ccccc2)CC1)C(c1ccccc1)c1ccccc1. The third kappa shape index (κ3) is 3.20. The maximum absolute atomic E-state index is 13.3. The molecule has 0 aliphatic heterocycles. The minimum atomic E-state index is -0.288. The van der Waals surface area contributed by atoms with E-state index in [1.807, 2.05) is 78.9 Å². The van der Waals surface area contributed by atoms with Crippen LogP contribution in [0.1, 0.15) is 35.4 Å². The highest BCUT2D eigenvalue weighted by Gasteiger charge is 2.46. The molecular weight excluding hydrogens is 306 g/mol. The molecule has 4 rings (SSSR count). The maximum Gasteiger partial charge on any atom is 0.232 e. The van der Waals surface area contributed by atoms with Crippen molar-refractivity contribution in [3.8, 4) is 0 Å². The number of carbonyl (C=O) groups excluding carboxylic acids is 1. The van der Waals surface area contributed by atoms with Crippen LogP contribution in [0.2, 0.25) is 0 Å². The molecule has 1 aliphatic carbocycles. The summed E-state index contributed by atoms with van der Waals surface area (Å²) in [4.78, 5) is 13.3.